The van der Waals surface area contributed by atoms with Crippen molar-refractivity contribution in [3.05, 3.63) is 23.3 Å². The van der Waals surface area contributed by atoms with Gasteiger partial charge in [0, 0.05) is 0 Å². The highest BCUT2D eigenvalue weighted by Crippen LogP contribution is 2.09. The molecule has 0 saturated heterocycles. The molecule has 0 radical (unpaired) electrons. The summed E-state index contributed by atoms with van der Waals surface area (Å²) in [6.07, 6.45) is 3.48. The maximum Gasteiger partial charge on any atom is 0.0955 e. The summed E-state index contributed by atoms with van der Waals surface area (Å²) in [6.45, 7) is 7.72. The summed E-state index contributed by atoms with van der Waals surface area (Å²) in [5, 5.41) is 9.45. The van der Waals surface area contributed by atoms with Crippen molar-refractivity contribution in [1.29, 1.82) is 0 Å². The van der Waals surface area contributed by atoms with Crippen LogP contribution in [0.2, 0.25) is 0 Å². The number of hydrogen-bond donors (Lipinski definition) is 1. The number of aliphatic hydroxyl groups is 1. The normalized spacial score (nSPS) is 17.3. The molecule has 1 nitrogen and oxygen atoms in total. The number of rotatable bonds is 2. The zero-order chi connectivity index (χ0) is 8.15. The zero-order valence-corrected chi connectivity index (χ0v) is 7.18. The minimum Gasteiger partial charge on any atom is -0.384 e. The third-order valence-electron chi connectivity index (χ3n) is 1.77. The summed E-state index contributed by atoms with van der Waals surface area (Å²) in [6, 6.07) is 0. The fourth-order valence-electron chi connectivity index (χ4n) is 0.675. The van der Waals surface area contributed by atoms with E-state index in [2.05, 4.69) is 0 Å². The third-order valence-corrected chi connectivity index (χ3v) is 1.77. The summed E-state index contributed by atoms with van der Waals surface area (Å²) < 4.78 is 0. The molecule has 10 heavy (non-hydrogen) atoms. The fourth-order valence-corrected chi connectivity index (χ4v) is 0.675. The third kappa shape index (κ3) is 2.36. The molecule has 0 unspecified atom stereocenters. The first-order valence-corrected chi connectivity index (χ1v) is 3.57. The van der Waals surface area contributed by atoms with Gasteiger partial charge in [-0.2, -0.15) is 0 Å². The van der Waals surface area contributed by atoms with Gasteiger partial charge < -0.3 is 5.11 Å². The monoisotopic (exact) mass is 140 g/mol. The summed E-state index contributed by atoms with van der Waals surface area (Å²) >= 11 is 0. The Morgan fingerprint density at radius 2 is 1.40 bits per heavy atom. The first-order chi connectivity index (χ1) is 4.63. The van der Waals surface area contributed by atoms with Crippen molar-refractivity contribution in [3.63, 3.8) is 0 Å². The number of allylic oxidation sites excluding steroid dienone is 2. The van der Waals surface area contributed by atoms with Gasteiger partial charge in [0.15, 0.2) is 0 Å². The molecule has 1 heteroatoms. The van der Waals surface area contributed by atoms with E-state index < -0.39 is 0 Å². The van der Waals surface area contributed by atoms with Crippen LogP contribution in [0.25, 0.3) is 0 Å². The van der Waals surface area contributed by atoms with Crippen LogP contribution in [0.5, 0.6) is 0 Å². The minimum atomic E-state index is -0.380. The van der Waals surface area contributed by atoms with Gasteiger partial charge in [-0.1, -0.05) is 12.2 Å². The molecule has 0 amide bonds. The number of aliphatic hydroxyl groups excluding tert-OH is 1. The van der Waals surface area contributed by atoms with Crippen LogP contribution >= 0.6 is 0 Å². The van der Waals surface area contributed by atoms with Crippen molar-refractivity contribution in [1.82, 2.24) is 0 Å². The van der Waals surface area contributed by atoms with E-state index in [-0.39, 0.29) is 6.10 Å². The largest absolute Gasteiger partial charge is 0.384 e. The Bertz CT molecular complexity index is 136. The first kappa shape index (κ1) is 9.44. The predicted molar refractivity (Wildman–Crippen MR) is 44.9 cm³/mol. The second-order valence-electron chi connectivity index (χ2n) is 2.47. The second kappa shape index (κ2) is 4.29. The zero-order valence-electron chi connectivity index (χ0n) is 7.18. The second-order valence-corrected chi connectivity index (χ2v) is 2.47. The van der Waals surface area contributed by atoms with Crippen molar-refractivity contribution in [2.75, 3.05) is 0 Å². The maximum absolute atomic E-state index is 9.45. The lowest BCUT2D eigenvalue weighted by Gasteiger charge is -2.10. The molecule has 0 fully saturated rings. The molecule has 0 aliphatic carbocycles. The van der Waals surface area contributed by atoms with E-state index in [0.29, 0.717) is 0 Å². The van der Waals surface area contributed by atoms with E-state index in [0.717, 1.165) is 11.1 Å². The van der Waals surface area contributed by atoms with E-state index in [1.165, 1.54) is 0 Å². The van der Waals surface area contributed by atoms with E-state index >= 15 is 0 Å². The summed E-state index contributed by atoms with van der Waals surface area (Å²) in [4.78, 5) is 0. The standard InChI is InChI=1S/C9H16O/c1-5-7(3)9(10)8(4)6-2/h5-6,9-10H,1-4H3/b7-5+,8-6+. The molecule has 0 aromatic carbocycles. The molecule has 0 aromatic heterocycles. The van der Waals surface area contributed by atoms with Gasteiger partial charge >= 0.3 is 0 Å². The van der Waals surface area contributed by atoms with Gasteiger partial charge in [0.05, 0.1) is 6.10 Å². The van der Waals surface area contributed by atoms with Crippen LogP contribution in [0.3, 0.4) is 0 Å². The van der Waals surface area contributed by atoms with Gasteiger partial charge in [-0.05, 0) is 38.8 Å². The minimum absolute atomic E-state index is 0.380. The predicted octanol–water partition coefficient (Wildman–Crippen LogP) is 2.28. The van der Waals surface area contributed by atoms with Crippen LogP contribution in [0.4, 0.5) is 0 Å². The molecular formula is C9H16O. The van der Waals surface area contributed by atoms with E-state index in [9.17, 15) is 5.11 Å². The molecule has 0 aliphatic heterocycles. The average Bonchev–Trinajstić information content (AvgIpc) is 2.00. The Balaban J connectivity index is 4.22. The fraction of sp³-hybridized carbons (Fsp3) is 0.556. The van der Waals surface area contributed by atoms with Crippen LogP contribution in [-0.2, 0) is 0 Å². The average molecular weight is 140 g/mol. The Hall–Kier alpha value is -0.560. The molecular weight excluding hydrogens is 124 g/mol. The Morgan fingerprint density at radius 3 is 1.60 bits per heavy atom. The maximum atomic E-state index is 9.45. The van der Waals surface area contributed by atoms with Crippen LogP contribution < -0.4 is 0 Å². The molecule has 0 aromatic rings. The van der Waals surface area contributed by atoms with Crippen molar-refractivity contribution in [2.24, 2.45) is 0 Å². The molecule has 0 heterocycles. The van der Waals surface area contributed by atoms with Crippen molar-refractivity contribution in [3.8, 4) is 0 Å². The van der Waals surface area contributed by atoms with Crippen LogP contribution in [0.1, 0.15) is 27.7 Å². The van der Waals surface area contributed by atoms with Crippen LogP contribution in [0, 0.1) is 0 Å². The Morgan fingerprint density at radius 1 is 1.10 bits per heavy atom. The lowest BCUT2D eigenvalue weighted by molar-refractivity contribution is 0.246. The molecule has 0 spiro atoms. The molecule has 0 bridgehead atoms. The lowest BCUT2D eigenvalue weighted by Crippen LogP contribution is -2.08. The highest BCUT2D eigenvalue weighted by molar-refractivity contribution is 5.18. The summed E-state index contributed by atoms with van der Waals surface area (Å²) in [5.41, 5.74) is 2.02. The van der Waals surface area contributed by atoms with E-state index in [1.54, 1.807) is 0 Å². The van der Waals surface area contributed by atoms with E-state index in [4.69, 9.17) is 0 Å². The quantitative estimate of drug-likeness (QED) is 0.583. The van der Waals surface area contributed by atoms with Gasteiger partial charge in [-0.3, -0.25) is 0 Å². The van der Waals surface area contributed by atoms with Gasteiger partial charge in [0.1, 0.15) is 0 Å². The van der Waals surface area contributed by atoms with E-state index in [1.807, 2.05) is 39.8 Å². The van der Waals surface area contributed by atoms with Crippen LogP contribution in [0.15, 0.2) is 23.3 Å². The van der Waals surface area contributed by atoms with Crippen molar-refractivity contribution < 1.29 is 5.11 Å². The number of hydrogen-bond acceptors (Lipinski definition) is 1. The molecule has 0 saturated carbocycles. The molecule has 0 aliphatic rings. The molecule has 1 N–H and O–H groups in total. The molecule has 0 rings (SSSR count). The van der Waals surface area contributed by atoms with Gasteiger partial charge in [0.25, 0.3) is 0 Å². The summed E-state index contributed by atoms with van der Waals surface area (Å²) in [7, 11) is 0. The van der Waals surface area contributed by atoms with Crippen molar-refractivity contribution in [2.45, 2.75) is 33.8 Å². The molecule has 58 valence electrons. The van der Waals surface area contributed by atoms with Gasteiger partial charge in [0.2, 0.25) is 0 Å². The topological polar surface area (TPSA) is 20.2 Å². The van der Waals surface area contributed by atoms with Crippen LogP contribution in [-0.4, -0.2) is 11.2 Å². The Kier molecular flexibility index (Phi) is 4.05. The first-order valence-electron chi connectivity index (χ1n) is 3.57. The van der Waals surface area contributed by atoms with Gasteiger partial charge in [-0.25, -0.2) is 0 Å². The lowest BCUT2D eigenvalue weighted by atomic mass is 10.0. The summed E-state index contributed by atoms with van der Waals surface area (Å²) in [5.74, 6) is 0. The SMILES string of the molecule is C/C=C(\C)C(O)/C(C)=C/C. The van der Waals surface area contributed by atoms with Crippen molar-refractivity contribution >= 4 is 0 Å². The van der Waals surface area contributed by atoms with Gasteiger partial charge in [-0.15, -0.1) is 0 Å². The smallest absolute Gasteiger partial charge is 0.0955 e. The Labute approximate surface area is 63.1 Å². The molecule has 0 atom stereocenters. The highest BCUT2D eigenvalue weighted by atomic mass is 16.3. The highest BCUT2D eigenvalue weighted by Gasteiger charge is 2.05.